The summed E-state index contributed by atoms with van der Waals surface area (Å²) in [6.07, 6.45) is 0. The third-order valence-corrected chi connectivity index (χ3v) is 2.03. The van der Waals surface area contributed by atoms with Crippen LogP contribution in [0.2, 0.25) is 0 Å². The summed E-state index contributed by atoms with van der Waals surface area (Å²) in [4.78, 5) is 2.57. The van der Waals surface area contributed by atoms with Gasteiger partial charge in [-0.15, -0.1) is 0 Å². The predicted octanol–water partition coefficient (Wildman–Crippen LogP) is 2.04. The average Bonchev–Trinajstić information content (AvgIpc) is 2.58. The van der Waals surface area contributed by atoms with E-state index in [1.165, 1.54) is 6.07 Å². The quantitative estimate of drug-likeness (QED) is 0.679. The number of nitrogens with one attached hydrogen (secondary N) is 1. The Labute approximate surface area is 77.5 Å². The van der Waals surface area contributed by atoms with Crippen LogP contribution >= 0.6 is 0 Å². The zero-order chi connectivity index (χ0) is 10.3. The number of benzene rings is 1. The molecule has 1 aromatic heterocycles. The second-order valence-electron chi connectivity index (χ2n) is 2.94. The van der Waals surface area contributed by atoms with Gasteiger partial charge in [0.2, 0.25) is 0 Å². The zero-order valence-corrected chi connectivity index (χ0v) is 7.07. The molecule has 74 valence electrons. The fraction of sp³-hybridized carbons (Fsp3) is 0.111. The molecule has 0 aliphatic heterocycles. The van der Waals surface area contributed by atoms with Gasteiger partial charge in [-0.3, -0.25) is 0 Å². The SMILES string of the molecule is NCc1cc2c(F)c(F)cc(F)c2[nH]1. The Morgan fingerprint density at radius 3 is 2.50 bits per heavy atom. The van der Waals surface area contributed by atoms with Gasteiger partial charge in [-0.05, 0) is 6.07 Å². The molecular formula is C9H7F3N2. The van der Waals surface area contributed by atoms with Crippen molar-refractivity contribution in [2.75, 3.05) is 0 Å². The predicted molar refractivity (Wildman–Crippen MR) is 46.1 cm³/mol. The standard InChI is InChI=1S/C9H7F3N2/c10-6-2-7(11)9-5(8(6)12)1-4(3-13)14-9/h1-2,14H,3,13H2. The third-order valence-electron chi connectivity index (χ3n) is 2.03. The minimum Gasteiger partial charge on any atom is -0.355 e. The van der Waals surface area contributed by atoms with E-state index in [1.54, 1.807) is 0 Å². The molecule has 0 amide bonds. The van der Waals surface area contributed by atoms with Crippen LogP contribution in [0.3, 0.4) is 0 Å². The molecule has 0 radical (unpaired) electrons. The molecule has 0 spiro atoms. The van der Waals surface area contributed by atoms with Crippen molar-refractivity contribution in [3.05, 3.63) is 35.3 Å². The van der Waals surface area contributed by atoms with Gasteiger partial charge in [-0.2, -0.15) is 0 Å². The van der Waals surface area contributed by atoms with Crippen molar-refractivity contribution in [2.24, 2.45) is 5.73 Å². The Morgan fingerprint density at radius 2 is 1.86 bits per heavy atom. The van der Waals surface area contributed by atoms with Crippen molar-refractivity contribution in [2.45, 2.75) is 6.54 Å². The normalized spacial score (nSPS) is 11.1. The van der Waals surface area contributed by atoms with Gasteiger partial charge in [-0.1, -0.05) is 0 Å². The van der Waals surface area contributed by atoms with Gasteiger partial charge in [0.25, 0.3) is 0 Å². The number of aromatic nitrogens is 1. The number of halogens is 3. The highest BCUT2D eigenvalue weighted by Gasteiger charge is 2.14. The summed E-state index contributed by atoms with van der Waals surface area (Å²) in [5.74, 6) is -3.08. The zero-order valence-electron chi connectivity index (χ0n) is 7.07. The lowest BCUT2D eigenvalue weighted by molar-refractivity contribution is 0.505. The second kappa shape index (κ2) is 3.02. The highest BCUT2D eigenvalue weighted by atomic mass is 19.2. The summed E-state index contributed by atoms with van der Waals surface area (Å²) in [5, 5.41) is -0.108. The number of fused-ring (bicyclic) bond motifs is 1. The summed E-state index contributed by atoms with van der Waals surface area (Å²) in [6, 6.07) is 1.81. The van der Waals surface area contributed by atoms with E-state index in [2.05, 4.69) is 4.98 Å². The van der Waals surface area contributed by atoms with Crippen molar-refractivity contribution in [3.8, 4) is 0 Å². The molecule has 0 fully saturated rings. The largest absolute Gasteiger partial charge is 0.355 e. The minimum absolute atomic E-state index is 0.0515. The third kappa shape index (κ3) is 1.17. The Kier molecular flexibility index (Phi) is 1.96. The van der Waals surface area contributed by atoms with Gasteiger partial charge in [-0.25, -0.2) is 13.2 Å². The van der Waals surface area contributed by atoms with Crippen molar-refractivity contribution in [3.63, 3.8) is 0 Å². The topological polar surface area (TPSA) is 41.8 Å². The van der Waals surface area contributed by atoms with E-state index in [4.69, 9.17) is 5.73 Å². The Bertz CT molecular complexity index is 490. The summed E-state index contributed by atoms with van der Waals surface area (Å²) < 4.78 is 39.0. The van der Waals surface area contributed by atoms with E-state index in [0.717, 1.165) is 0 Å². The Balaban J connectivity index is 2.84. The van der Waals surface area contributed by atoms with E-state index < -0.39 is 17.5 Å². The van der Waals surface area contributed by atoms with Crippen LogP contribution in [0.4, 0.5) is 13.2 Å². The van der Waals surface area contributed by atoms with Crippen molar-refractivity contribution in [1.29, 1.82) is 0 Å². The molecule has 14 heavy (non-hydrogen) atoms. The van der Waals surface area contributed by atoms with E-state index in [0.29, 0.717) is 11.8 Å². The summed E-state index contributed by atoms with van der Waals surface area (Å²) in [7, 11) is 0. The second-order valence-corrected chi connectivity index (χ2v) is 2.94. The lowest BCUT2D eigenvalue weighted by Gasteiger charge is -1.95. The van der Waals surface area contributed by atoms with Gasteiger partial charge >= 0.3 is 0 Å². The Morgan fingerprint density at radius 1 is 1.14 bits per heavy atom. The number of aromatic amines is 1. The van der Waals surface area contributed by atoms with E-state index >= 15 is 0 Å². The minimum atomic E-state index is -1.20. The molecule has 0 bridgehead atoms. The summed E-state index contributed by atoms with van der Waals surface area (Å²) >= 11 is 0. The van der Waals surface area contributed by atoms with Crippen molar-refractivity contribution >= 4 is 10.9 Å². The van der Waals surface area contributed by atoms with Crippen LogP contribution < -0.4 is 5.73 Å². The smallest absolute Gasteiger partial charge is 0.168 e. The van der Waals surface area contributed by atoms with Gasteiger partial charge in [0, 0.05) is 23.7 Å². The van der Waals surface area contributed by atoms with Crippen molar-refractivity contribution in [1.82, 2.24) is 4.98 Å². The molecule has 2 nitrogen and oxygen atoms in total. The molecular weight excluding hydrogens is 193 g/mol. The lowest BCUT2D eigenvalue weighted by Crippen LogP contribution is -1.95. The lowest BCUT2D eigenvalue weighted by atomic mass is 10.2. The van der Waals surface area contributed by atoms with E-state index in [1.807, 2.05) is 0 Å². The first-order chi connectivity index (χ1) is 6.63. The van der Waals surface area contributed by atoms with Crippen LogP contribution in [0, 0.1) is 17.5 Å². The summed E-state index contributed by atoms with van der Waals surface area (Å²) in [6.45, 7) is 0.120. The van der Waals surface area contributed by atoms with Gasteiger partial charge in [0.15, 0.2) is 11.6 Å². The molecule has 0 aliphatic carbocycles. The molecule has 0 saturated heterocycles. The molecule has 0 atom stereocenters. The molecule has 1 aromatic carbocycles. The fourth-order valence-electron chi connectivity index (χ4n) is 1.36. The van der Waals surface area contributed by atoms with Crippen molar-refractivity contribution < 1.29 is 13.2 Å². The average molecular weight is 200 g/mol. The highest BCUT2D eigenvalue weighted by molar-refractivity contribution is 5.81. The first-order valence-corrected chi connectivity index (χ1v) is 3.98. The summed E-state index contributed by atoms with van der Waals surface area (Å²) in [5.41, 5.74) is 5.69. The van der Waals surface area contributed by atoms with Gasteiger partial charge in [0.1, 0.15) is 5.82 Å². The van der Waals surface area contributed by atoms with E-state index in [-0.39, 0.29) is 17.4 Å². The molecule has 2 rings (SSSR count). The number of hydrogen-bond donors (Lipinski definition) is 2. The number of H-pyrrole nitrogens is 1. The maximum atomic E-state index is 13.1. The molecule has 2 aromatic rings. The van der Waals surface area contributed by atoms with Gasteiger partial charge < -0.3 is 10.7 Å². The van der Waals surface area contributed by atoms with Crippen LogP contribution in [-0.2, 0) is 6.54 Å². The molecule has 0 aliphatic rings. The van der Waals surface area contributed by atoms with Crippen LogP contribution in [0.25, 0.3) is 10.9 Å². The fourth-order valence-corrected chi connectivity index (χ4v) is 1.36. The maximum Gasteiger partial charge on any atom is 0.168 e. The first kappa shape index (κ1) is 9.08. The van der Waals surface area contributed by atoms with Crippen LogP contribution in [0.5, 0.6) is 0 Å². The van der Waals surface area contributed by atoms with Crippen LogP contribution in [0.1, 0.15) is 5.69 Å². The van der Waals surface area contributed by atoms with Crippen LogP contribution in [-0.4, -0.2) is 4.98 Å². The number of nitrogens with two attached hydrogens (primary N) is 1. The monoisotopic (exact) mass is 200 g/mol. The first-order valence-electron chi connectivity index (χ1n) is 3.98. The number of rotatable bonds is 1. The molecule has 3 N–H and O–H groups in total. The maximum absolute atomic E-state index is 13.1. The van der Waals surface area contributed by atoms with Crippen LogP contribution in [0.15, 0.2) is 12.1 Å². The molecule has 1 heterocycles. The molecule has 0 saturated carbocycles. The highest BCUT2D eigenvalue weighted by Crippen LogP contribution is 2.23. The molecule has 5 heteroatoms. The Hall–Kier alpha value is -1.49. The number of hydrogen-bond acceptors (Lipinski definition) is 1. The van der Waals surface area contributed by atoms with Gasteiger partial charge in [0.05, 0.1) is 5.52 Å². The molecule has 0 unspecified atom stereocenters. The van der Waals surface area contributed by atoms with E-state index in [9.17, 15) is 13.2 Å².